The van der Waals surface area contributed by atoms with Gasteiger partial charge in [0.25, 0.3) is 11.9 Å². The minimum Gasteiger partial charge on any atom is -0.307 e. The second-order valence-corrected chi connectivity index (χ2v) is 10.4. The van der Waals surface area contributed by atoms with Crippen LogP contribution in [-0.2, 0) is 6.54 Å². The molecule has 0 atom stereocenters. The van der Waals surface area contributed by atoms with Crippen molar-refractivity contribution in [2.24, 2.45) is 0 Å². The Hall–Kier alpha value is -3.95. The summed E-state index contributed by atoms with van der Waals surface area (Å²) in [6.45, 7) is 0.273. The van der Waals surface area contributed by atoms with Gasteiger partial charge in [-0.15, -0.1) is 5.10 Å². The second kappa shape index (κ2) is 12.3. The number of rotatable bonds is 7. The Morgan fingerprint density at radius 1 is 0.897 bits per heavy atom. The van der Waals surface area contributed by atoms with Crippen molar-refractivity contribution in [2.75, 3.05) is 15.5 Å². The van der Waals surface area contributed by atoms with Crippen LogP contribution in [0.1, 0.15) is 59.5 Å². The first kappa shape index (κ1) is 26.6. The molecule has 1 aromatic heterocycles. The van der Waals surface area contributed by atoms with Gasteiger partial charge in [0.2, 0.25) is 0 Å². The lowest BCUT2D eigenvalue weighted by Gasteiger charge is -2.26. The van der Waals surface area contributed by atoms with Gasteiger partial charge in [0.1, 0.15) is 0 Å². The number of amides is 3. The van der Waals surface area contributed by atoms with Gasteiger partial charge in [-0.05, 0) is 77.6 Å². The molecule has 0 radical (unpaired) electrons. The standard InChI is InChI=1S/C28H27Cl2N7O2/c29-22-14-23(30)16-24(15-22)31-28(39)37(25-12-10-20(11-13-25)19-4-2-1-3-5-19)17-18-6-8-21(9-7-18)26(38)32-27-33-35-36-34-27/h6-16,19H,1-5,17H2,(H,31,39)(H2,32,33,34,35,36,38). The lowest BCUT2D eigenvalue weighted by molar-refractivity contribution is 0.102. The number of anilines is 3. The van der Waals surface area contributed by atoms with E-state index in [-0.39, 0.29) is 24.4 Å². The zero-order chi connectivity index (χ0) is 27.2. The Morgan fingerprint density at radius 3 is 2.23 bits per heavy atom. The maximum absolute atomic E-state index is 13.5. The summed E-state index contributed by atoms with van der Waals surface area (Å²) in [5.41, 5.74) is 3.80. The number of tetrazole rings is 1. The van der Waals surface area contributed by atoms with Crippen molar-refractivity contribution >= 4 is 52.5 Å². The Bertz CT molecular complexity index is 1400. The molecule has 11 heteroatoms. The van der Waals surface area contributed by atoms with Crippen molar-refractivity contribution in [2.45, 2.75) is 44.6 Å². The van der Waals surface area contributed by atoms with E-state index in [4.69, 9.17) is 23.2 Å². The SMILES string of the molecule is O=C(Nc1nn[nH]n1)c1ccc(CN(C(=O)Nc2cc(Cl)cc(Cl)c2)c2ccc(C3CCCCC3)cc2)cc1. The van der Waals surface area contributed by atoms with Gasteiger partial charge in [-0.2, -0.15) is 5.21 Å². The van der Waals surface area contributed by atoms with Crippen molar-refractivity contribution in [3.63, 3.8) is 0 Å². The van der Waals surface area contributed by atoms with Crippen molar-refractivity contribution in [3.05, 3.63) is 93.5 Å². The Morgan fingerprint density at radius 2 is 1.59 bits per heavy atom. The highest BCUT2D eigenvalue weighted by Crippen LogP contribution is 2.34. The first-order chi connectivity index (χ1) is 18.9. The monoisotopic (exact) mass is 563 g/mol. The number of H-pyrrole nitrogens is 1. The van der Waals surface area contributed by atoms with Crippen LogP contribution in [0.15, 0.2) is 66.7 Å². The summed E-state index contributed by atoms with van der Waals surface area (Å²) >= 11 is 12.3. The molecule has 0 saturated heterocycles. The average Bonchev–Trinajstić information content (AvgIpc) is 3.45. The van der Waals surface area contributed by atoms with Gasteiger partial charge in [0.05, 0.1) is 6.54 Å². The average molecular weight is 564 g/mol. The first-order valence-corrected chi connectivity index (χ1v) is 13.5. The minimum absolute atomic E-state index is 0.0877. The van der Waals surface area contributed by atoms with Gasteiger partial charge in [-0.3, -0.25) is 15.0 Å². The summed E-state index contributed by atoms with van der Waals surface area (Å²) in [4.78, 5) is 27.6. The second-order valence-electron chi connectivity index (χ2n) is 9.49. The molecule has 39 heavy (non-hydrogen) atoms. The molecule has 5 rings (SSSR count). The molecule has 1 saturated carbocycles. The van der Waals surface area contributed by atoms with Crippen LogP contribution in [0, 0.1) is 0 Å². The molecule has 3 aromatic carbocycles. The van der Waals surface area contributed by atoms with Crippen LogP contribution in [-0.4, -0.2) is 32.6 Å². The quantitative estimate of drug-likeness (QED) is 0.223. The molecule has 200 valence electrons. The maximum Gasteiger partial charge on any atom is 0.326 e. The van der Waals surface area contributed by atoms with Gasteiger partial charge in [-0.1, -0.05) is 71.8 Å². The number of carbonyl (C=O) groups excluding carboxylic acids is 2. The molecule has 0 spiro atoms. The van der Waals surface area contributed by atoms with Gasteiger partial charge >= 0.3 is 6.03 Å². The Kier molecular flexibility index (Phi) is 8.39. The van der Waals surface area contributed by atoms with Crippen LogP contribution in [0.2, 0.25) is 10.0 Å². The predicted octanol–water partition coefficient (Wildman–Crippen LogP) is 7.05. The van der Waals surface area contributed by atoms with Crippen molar-refractivity contribution in [1.82, 2.24) is 20.6 Å². The third-order valence-electron chi connectivity index (χ3n) is 6.77. The van der Waals surface area contributed by atoms with E-state index in [9.17, 15) is 9.59 Å². The largest absolute Gasteiger partial charge is 0.326 e. The van der Waals surface area contributed by atoms with Gasteiger partial charge in [0, 0.05) is 27.0 Å². The van der Waals surface area contributed by atoms with Crippen molar-refractivity contribution in [3.8, 4) is 0 Å². The smallest absolute Gasteiger partial charge is 0.307 e. The number of carbonyl (C=O) groups is 2. The number of halogens is 2. The lowest BCUT2D eigenvalue weighted by Crippen LogP contribution is -2.34. The number of aromatic amines is 1. The van der Waals surface area contributed by atoms with Crippen LogP contribution < -0.4 is 15.5 Å². The van der Waals surface area contributed by atoms with E-state index in [1.54, 1.807) is 47.4 Å². The van der Waals surface area contributed by atoms with E-state index >= 15 is 0 Å². The molecule has 9 nitrogen and oxygen atoms in total. The van der Waals surface area contributed by atoms with E-state index in [2.05, 4.69) is 43.4 Å². The van der Waals surface area contributed by atoms with Crippen molar-refractivity contribution in [1.29, 1.82) is 0 Å². The van der Waals surface area contributed by atoms with Crippen LogP contribution in [0.5, 0.6) is 0 Å². The van der Waals surface area contributed by atoms with Crippen LogP contribution in [0.3, 0.4) is 0 Å². The fourth-order valence-electron chi connectivity index (χ4n) is 4.79. The van der Waals surface area contributed by atoms with Crippen LogP contribution in [0.4, 0.5) is 22.1 Å². The fraction of sp³-hybridized carbons (Fsp3) is 0.250. The number of aromatic nitrogens is 4. The molecule has 0 unspecified atom stereocenters. The molecule has 1 fully saturated rings. The molecular formula is C28H27Cl2N7O2. The number of urea groups is 1. The molecule has 0 bridgehead atoms. The van der Waals surface area contributed by atoms with Gasteiger partial charge in [-0.25, -0.2) is 4.79 Å². The third kappa shape index (κ3) is 6.93. The highest BCUT2D eigenvalue weighted by Gasteiger charge is 2.20. The van der Waals surface area contributed by atoms with Crippen LogP contribution >= 0.6 is 23.2 Å². The highest BCUT2D eigenvalue weighted by molar-refractivity contribution is 6.35. The van der Waals surface area contributed by atoms with E-state index in [1.165, 1.54) is 37.7 Å². The number of hydrogen-bond acceptors (Lipinski definition) is 5. The van der Waals surface area contributed by atoms with Gasteiger partial charge in [0.15, 0.2) is 0 Å². The molecule has 1 heterocycles. The van der Waals surface area contributed by atoms with E-state index in [0.717, 1.165) is 11.3 Å². The molecule has 3 amide bonds. The Balaban J connectivity index is 1.36. The zero-order valence-electron chi connectivity index (χ0n) is 21.0. The molecule has 1 aliphatic rings. The first-order valence-electron chi connectivity index (χ1n) is 12.7. The van der Waals surface area contributed by atoms with E-state index in [0.29, 0.717) is 27.2 Å². The summed E-state index contributed by atoms with van der Waals surface area (Å²) in [5.74, 6) is 0.285. The number of nitrogens with zero attached hydrogens (tertiary/aromatic N) is 4. The fourth-order valence-corrected chi connectivity index (χ4v) is 5.32. The van der Waals surface area contributed by atoms with Crippen molar-refractivity contribution < 1.29 is 9.59 Å². The molecule has 3 N–H and O–H groups in total. The van der Waals surface area contributed by atoms with E-state index < -0.39 is 0 Å². The minimum atomic E-state index is -0.367. The van der Waals surface area contributed by atoms with Gasteiger partial charge < -0.3 is 5.32 Å². The predicted molar refractivity (Wildman–Crippen MR) is 153 cm³/mol. The van der Waals surface area contributed by atoms with E-state index in [1.807, 2.05) is 12.1 Å². The maximum atomic E-state index is 13.5. The molecule has 1 aliphatic carbocycles. The highest BCUT2D eigenvalue weighted by atomic mass is 35.5. The number of nitrogens with one attached hydrogen (secondary N) is 3. The molecule has 4 aromatic rings. The summed E-state index contributed by atoms with van der Waals surface area (Å²) in [6, 6.07) is 19.8. The molecule has 0 aliphatic heterocycles. The molecular weight excluding hydrogens is 537 g/mol. The topological polar surface area (TPSA) is 116 Å². The summed E-state index contributed by atoms with van der Waals surface area (Å²) < 4.78 is 0. The summed E-state index contributed by atoms with van der Waals surface area (Å²) in [5, 5.41) is 19.5. The number of hydrogen-bond donors (Lipinski definition) is 3. The Labute approximate surface area is 235 Å². The summed E-state index contributed by atoms with van der Waals surface area (Å²) in [7, 11) is 0. The normalized spacial score (nSPS) is 13.6. The lowest BCUT2D eigenvalue weighted by atomic mass is 9.84. The zero-order valence-corrected chi connectivity index (χ0v) is 22.5. The van der Waals surface area contributed by atoms with Crippen LogP contribution in [0.25, 0.3) is 0 Å². The summed E-state index contributed by atoms with van der Waals surface area (Å²) in [6.07, 6.45) is 6.21. The third-order valence-corrected chi connectivity index (χ3v) is 7.20. The number of benzene rings is 3.